The van der Waals surface area contributed by atoms with E-state index in [2.05, 4.69) is 38.9 Å². The van der Waals surface area contributed by atoms with Crippen LogP contribution in [-0.4, -0.2) is 38.1 Å². The molecule has 0 saturated heterocycles. The van der Waals surface area contributed by atoms with Crippen LogP contribution in [0.5, 0.6) is 0 Å². The van der Waals surface area contributed by atoms with Crippen LogP contribution in [0, 0.1) is 6.92 Å². The summed E-state index contributed by atoms with van der Waals surface area (Å²) in [5.74, 6) is 1.50. The van der Waals surface area contributed by atoms with Crippen molar-refractivity contribution in [3.05, 3.63) is 23.8 Å². The summed E-state index contributed by atoms with van der Waals surface area (Å²) < 4.78 is 5.19. The molecule has 0 unspecified atom stereocenters. The molecule has 0 saturated carbocycles. The van der Waals surface area contributed by atoms with Crippen molar-refractivity contribution in [1.29, 1.82) is 0 Å². The molecule has 2 rings (SSSR count). The van der Waals surface area contributed by atoms with Crippen molar-refractivity contribution in [3.63, 3.8) is 0 Å². The van der Waals surface area contributed by atoms with Crippen LogP contribution in [0.3, 0.4) is 0 Å². The minimum atomic E-state index is 0.427. The first-order valence-electron chi connectivity index (χ1n) is 5.88. The summed E-state index contributed by atoms with van der Waals surface area (Å²) in [6.07, 6.45) is 3.47. The summed E-state index contributed by atoms with van der Waals surface area (Å²) in [6, 6.07) is 0.427. The zero-order chi connectivity index (χ0) is 13.1. The van der Waals surface area contributed by atoms with Crippen LogP contribution < -0.4 is 0 Å². The molecule has 2 aromatic heterocycles. The molecule has 0 atom stereocenters. The highest BCUT2D eigenvalue weighted by atomic mass is 16.5. The lowest BCUT2D eigenvalue weighted by atomic mass is 10.3. The van der Waals surface area contributed by atoms with Gasteiger partial charge in [-0.05, 0) is 33.4 Å². The lowest BCUT2D eigenvalue weighted by Gasteiger charge is -2.17. The van der Waals surface area contributed by atoms with Crippen molar-refractivity contribution in [2.75, 3.05) is 7.05 Å². The lowest BCUT2D eigenvalue weighted by Crippen LogP contribution is -2.25. The van der Waals surface area contributed by atoms with Crippen LogP contribution in [0.15, 0.2) is 16.9 Å². The SMILES string of the molecule is Cc1cnc(-c2noc(CN(C)C(C)C)n2)nc1. The van der Waals surface area contributed by atoms with Gasteiger partial charge >= 0.3 is 0 Å². The van der Waals surface area contributed by atoms with Gasteiger partial charge in [-0.2, -0.15) is 4.98 Å². The summed E-state index contributed by atoms with van der Waals surface area (Å²) in [4.78, 5) is 14.7. The van der Waals surface area contributed by atoms with Gasteiger partial charge in [-0.3, -0.25) is 4.90 Å². The number of nitrogens with zero attached hydrogens (tertiary/aromatic N) is 5. The third kappa shape index (κ3) is 2.89. The van der Waals surface area contributed by atoms with Gasteiger partial charge < -0.3 is 4.52 Å². The maximum atomic E-state index is 5.19. The van der Waals surface area contributed by atoms with Crippen molar-refractivity contribution in [3.8, 4) is 11.6 Å². The first-order valence-corrected chi connectivity index (χ1v) is 5.88. The Bertz CT molecular complexity index is 505. The molecule has 0 spiro atoms. The third-order valence-corrected chi connectivity index (χ3v) is 2.72. The Morgan fingerprint density at radius 2 is 1.89 bits per heavy atom. The van der Waals surface area contributed by atoms with Crippen LogP contribution in [0.25, 0.3) is 11.6 Å². The van der Waals surface area contributed by atoms with Crippen molar-refractivity contribution >= 4 is 0 Å². The Kier molecular flexibility index (Phi) is 3.66. The molecule has 6 heteroatoms. The average molecular weight is 247 g/mol. The second kappa shape index (κ2) is 5.22. The number of aromatic nitrogens is 4. The summed E-state index contributed by atoms with van der Waals surface area (Å²) in [7, 11) is 2.01. The quantitative estimate of drug-likeness (QED) is 0.818. The van der Waals surface area contributed by atoms with Gasteiger partial charge in [-0.1, -0.05) is 5.16 Å². The standard InChI is InChI=1S/C12H17N5O/c1-8(2)17(4)7-10-15-12(16-18-10)11-13-5-9(3)6-14-11/h5-6,8H,7H2,1-4H3. The summed E-state index contributed by atoms with van der Waals surface area (Å²) in [5, 5.41) is 3.89. The van der Waals surface area contributed by atoms with Crippen molar-refractivity contribution < 1.29 is 4.52 Å². The van der Waals surface area contributed by atoms with Crippen LogP contribution in [-0.2, 0) is 6.54 Å². The van der Waals surface area contributed by atoms with Gasteiger partial charge in [0.1, 0.15) is 0 Å². The van der Waals surface area contributed by atoms with Gasteiger partial charge in [0.2, 0.25) is 17.5 Å². The van der Waals surface area contributed by atoms with E-state index in [4.69, 9.17) is 4.52 Å². The summed E-state index contributed by atoms with van der Waals surface area (Å²) in [5.41, 5.74) is 1.00. The summed E-state index contributed by atoms with van der Waals surface area (Å²) in [6.45, 7) is 6.78. The molecule has 6 nitrogen and oxygen atoms in total. The number of hydrogen-bond donors (Lipinski definition) is 0. The molecule has 0 aliphatic carbocycles. The van der Waals surface area contributed by atoms with Gasteiger partial charge in [0.15, 0.2) is 0 Å². The molecule has 0 aliphatic heterocycles. The van der Waals surface area contributed by atoms with Crippen molar-refractivity contribution in [2.24, 2.45) is 0 Å². The smallest absolute Gasteiger partial charge is 0.241 e. The number of aryl methyl sites for hydroxylation is 1. The molecule has 2 aromatic rings. The molecule has 0 bridgehead atoms. The largest absolute Gasteiger partial charge is 0.337 e. The molecule has 0 aromatic carbocycles. The topological polar surface area (TPSA) is 67.9 Å². The molecule has 0 radical (unpaired) electrons. The molecular weight excluding hydrogens is 230 g/mol. The fourth-order valence-electron chi connectivity index (χ4n) is 1.31. The van der Waals surface area contributed by atoms with E-state index in [9.17, 15) is 0 Å². The normalized spacial score (nSPS) is 11.4. The maximum Gasteiger partial charge on any atom is 0.241 e. The highest BCUT2D eigenvalue weighted by Gasteiger charge is 2.13. The number of rotatable bonds is 4. The van der Waals surface area contributed by atoms with Gasteiger partial charge in [0.05, 0.1) is 6.54 Å². The van der Waals surface area contributed by atoms with E-state index in [0.29, 0.717) is 30.1 Å². The van der Waals surface area contributed by atoms with E-state index in [0.717, 1.165) is 5.56 Å². The van der Waals surface area contributed by atoms with E-state index in [1.54, 1.807) is 12.4 Å². The minimum absolute atomic E-state index is 0.427. The molecule has 2 heterocycles. The average Bonchev–Trinajstić information content (AvgIpc) is 2.78. The van der Waals surface area contributed by atoms with Gasteiger partial charge in [0, 0.05) is 18.4 Å². The predicted molar refractivity (Wildman–Crippen MR) is 66.7 cm³/mol. The predicted octanol–water partition coefficient (Wildman–Crippen LogP) is 1.68. The van der Waals surface area contributed by atoms with Crippen LogP contribution >= 0.6 is 0 Å². The second-order valence-electron chi connectivity index (χ2n) is 4.60. The highest BCUT2D eigenvalue weighted by molar-refractivity contribution is 5.40. The van der Waals surface area contributed by atoms with E-state index in [-0.39, 0.29) is 0 Å². The molecule has 96 valence electrons. The third-order valence-electron chi connectivity index (χ3n) is 2.72. The number of hydrogen-bond acceptors (Lipinski definition) is 6. The Balaban J connectivity index is 2.13. The van der Waals surface area contributed by atoms with Crippen LogP contribution in [0.4, 0.5) is 0 Å². The zero-order valence-electron chi connectivity index (χ0n) is 11.1. The van der Waals surface area contributed by atoms with Crippen LogP contribution in [0.1, 0.15) is 25.3 Å². The molecule has 18 heavy (non-hydrogen) atoms. The first kappa shape index (κ1) is 12.6. The Morgan fingerprint density at radius 3 is 2.50 bits per heavy atom. The Labute approximate surface area is 106 Å². The molecular formula is C12H17N5O. The van der Waals surface area contributed by atoms with Gasteiger partial charge in [-0.25, -0.2) is 9.97 Å². The lowest BCUT2D eigenvalue weighted by molar-refractivity contribution is 0.226. The Morgan fingerprint density at radius 1 is 1.22 bits per heavy atom. The van der Waals surface area contributed by atoms with Crippen molar-refractivity contribution in [2.45, 2.75) is 33.4 Å². The first-order chi connectivity index (χ1) is 8.56. The van der Waals surface area contributed by atoms with Gasteiger partial charge in [0.25, 0.3) is 0 Å². The monoisotopic (exact) mass is 247 g/mol. The maximum absolute atomic E-state index is 5.19. The highest BCUT2D eigenvalue weighted by Crippen LogP contribution is 2.11. The van der Waals surface area contributed by atoms with E-state index in [1.165, 1.54) is 0 Å². The zero-order valence-corrected chi connectivity index (χ0v) is 11.1. The van der Waals surface area contributed by atoms with E-state index >= 15 is 0 Å². The Hall–Kier alpha value is -1.82. The summed E-state index contributed by atoms with van der Waals surface area (Å²) >= 11 is 0. The van der Waals surface area contributed by atoms with Crippen molar-refractivity contribution in [1.82, 2.24) is 25.0 Å². The van der Waals surface area contributed by atoms with Gasteiger partial charge in [-0.15, -0.1) is 0 Å². The minimum Gasteiger partial charge on any atom is -0.337 e. The van der Waals surface area contributed by atoms with E-state index in [1.807, 2.05) is 14.0 Å². The van der Waals surface area contributed by atoms with Crippen LogP contribution in [0.2, 0.25) is 0 Å². The molecule has 0 N–H and O–H groups in total. The second-order valence-corrected chi connectivity index (χ2v) is 4.60. The molecule has 0 aliphatic rings. The van der Waals surface area contributed by atoms with E-state index < -0.39 is 0 Å². The fraction of sp³-hybridized carbons (Fsp3) is 0.500. The molecule has 0 fully saturated rings. The molecule has 0 amide bonds. The fourth-order valence-corrected chi connectivity index (χ4v) is 1.31.